The summed E-state index contributed by atoms with van der Waals surface area (Å²) < 4.78 is 0. The Morgan fingerprint density at radius 2 is 1.79 bits per heavy atom. The van der Waals surface area contributed by atoms with E-state index in [1.165, 1.54) is 30.4 Å². The third-order valence-electron chi connectivity index (χ3n) is 4.10. The molecule has 0 bridgehead atoms. The molecule has 0 fully saturated rings. The van der Waals surface area contributed by atoms with E-state index in [0.29, 0.717) is 0 Å². The second kappa shape index (κ2) is 5.56. The molecule has 0 spiro atoms. The van der Waals surface area contributed by atoms with E-state index in [1.807, 2.05) is 24.3 Å². The highest BCUT2D eigenvalue weighted by Gasteiger charge is 2.26. The molecule has 0 saturated heterocycles. The number of rotatable bonds is 3. The van der Waals surface area contributed by atoms with E-state index in [2.05, 4.69) is 32.9 Å². The van der Waals surface area contributed by atoms with Crippen LogP contribution in [0, 0.1) is 5.41 Å². The number of carbonyl (C=O) groups is 1. The van der Waals surface area contributed by atoms with Crippen LogP contribution >= 0.6 is 0 Å². The lowest BCUT2D eigenvalue weighted by Gasteiger charge is -2.32. The van der Waals surface area contributed by atoms with Crippen molar-refractivity contribution in [3.63, 3.8) is 0 Å². The van der Waals surface area contributed by atoms with Gasteiger partial charge in [-0.3, -0.25) is 4.79 Å². The predicted octanol–water partition coefficient (Wildman–Crippen LogP) is 5.04. The first-order valence-corrected chi connectivity index (χ1v) is 6.97. The number of hydrogen-bond donors (Lipinski definition) is 0. The van der Waals surface area contributed by atoms with E-state index in [1.54, 1.807) is 0 Å². The number of benzene rings is 1. The Kier molecular flexibility index (Phi) is 4.04. The molecule has 0 radical (unpaired) electrons. The zero-order chi connectivity index (χ0) is 13.9. The highest BCUT2D eigenvalue weighted by atomic mass is 16.1. The van der Waals surface area contributed by atoms with Gasteiger partial charge in [-0.25, -0.2) is 0 Å². The lowest BCUT2D eigenvalue weighted by Crippen LogP contribution is -2.18. The molecular weight excluding hydrogens is 232 g/mol. The third kappa shape index (κ3) is 3.04. The third-order valence-corrected chi connectivity index (χ3v) is 4.10. The fourth-order valence-corrected chi connectivity index (χ4v) is 2.95. The summed E-state index contributed by atoms with van der Waals surface area (Å²) in [6, 6.07) is 7.72. The van der Waals surface area contributed by atoms with Crippen LogP contribution in [-0.2, 0) is 0 Å². The Morgan fingerprint density at radius 3 is 2.42 bits per heavy atom. The Morgan fingerprint density at radius 1 is 1.11 bits per heavy atom. The molecule has 0 N–H and O–H groups in total. The minimum absolute atomic E-state index is 0.245. The maximum absolute atomic E-state index is 11.0. The van der Waals surface area contributed by atoms with Crippen LogP contribution in [0.5, 0.6) is 0 Å². The van der Waals surface area contributed by atoms with E-state index >= 15 is 0 Å². The highest BCUT2D eigenvalue weighted by Crippen LogP contribution is 2.40. The molecule has 0 aliphatic heterocycles. The zero-order valence-electron chi connectivity index (χ0n) is 12.1. The van der Waals surface area contributed by atoms with Gasteiger partial charge < -0.3 is 0 Å². The standard InChI is InChI=1S/C18H22O/c1-14-7-6-12-18(2,3)17(14)11-10-15-8-4-5-9-16(15)13-19/h4-5,8-11,13H,6-7,12H2,1-3H3/b11-10+. The van der Waals surface area contributed by atoms with E-state index in [9.17, 15) is 4.79 Å². The summed E-state index contributed by atoms with van der Waals surface area (Å²) in [6.07, 6.45) is 8.91. The van der Waals surface area contributed by atoms with Gasteiger partial charge in [-0.1, -0.05) is 55.8 Å². The average Bonchev–Trinajstić information content (AvgIpc) is 2.38. The van der Waals surface area contributed by atoms with Gasteiger partial charge in [0.15, 0.2) is 6.29 Å². The van der Waals surface area contributed by atoms with Gasteiger partial charge in [0.05, 0.1) is 0 Å². The quantitative estimate of drug-likeness (QED) is 0.691. The zero-order valence-corrected chi connectivity index (χ0v) is 12.1. The summed E-state index contributed by atoms with van der Waals surface area (Å²) in [5, 5.41) is 0. The van der Waals surface area contributed by atoms with E-state index in [-0.39, 0.29) is 5.41 Å². The molecule has 1 aromatic carbocycles. The summed E-state index contributed by atoms with van der Waals surface area (Å²) in [6.45, 7) is 6.84. The van der Waals surface area contributed by atoms with Gasteiger partial charge in [-0.2, -0.15) is 0 Å². The Labute approximate surface area is 116 Å². The van der Waals surface area contributed by atoms with Crippen molar-refractivity contribution < 1.29 is 4.79 Å². The number of hydrogen-bond acceptors (Lipinski definition) is 1. The molecule has 19 heavy (non-hydrogen) atoms. The molecule has 1 aliphatic rings. The van der Waals surface area contributed by atoms with Crippen LogP contribution in [-0.4, -0.2) is 6.29 Å². The molecule has 0 saturated carbocycles. The first-order valence-electron chi connectivity index (χ1n) is 6.97. The molecule has 1 aliphatic carbocycles. The van der Waals surface area contributed by atoms with Crippen LogP contribution in [0.4, 0.5) is 0 Å². The average molecular weight is 254 g/mol. The molecule has 0 unspecified atom stereocenters. The van der Waals surface area contributed by atoms with E-state index in [4.69, 9.17) is 0 Å². The first-order chi connectivity index (χ1) is 9.04. The molecule has 2 rings (SSSR count). The summed E-state index contributed by atoms with van der Waals surface area (Å²) >= 11 is 0. The Bertz CT molecular complexity index is 532. The SMILES string of the molecule is CC1=C(/C=C/c2ccccc2C=O)C(C)(C)CCC1. The predicted molar refractivity (Wildman–Crippen MR) is 81.2 cm³/mol. The lowest BCUT2D eigenvalue weighted by molar-refractivity contribution is 0.112. The first kappa shape index (κ1) is 13.8. The molecule has 0 atom stereocenters. The monoisotopic (exact) mass is 254 g/mol. The largest absolute Gasteiger partial charge is 0.298 e. The van der Waals surface area contributed by atoms with Crippen LogP contribution in [0.25, 0.3) is 6.08 Å². The Hall–Kier alpha value is -1.63. The molecule has 1 heteroatoms. The second-order valence-electron chi connectivity index (χ2n) is 6.01. The normalized spacial score (nSPS) is 18.9. The summed E-state index contributed by atoms with van der Waals surface area (Å²) in [4.78, 5) is 11.0. The summed E-state index contributed by atoms with van der Waals surface area (Å²) in [7, 11) is 0. The van der Waals surface area contributed by atoms with Crippen molar-refractivity contribution >= 4 is 12.4 Å². The van der Waals surface area contributed by atoms with Gasteiger partial charge in [0.2, 0.25) is 0 Å². The smallest absolute Gasteiger partial charge is 0.150 e. The van der Waals surface area contributed by atoms with Gasteiger partial charge in [0.25, 0.3) is 0 Å². The highest BCUT2D eigenvalue weighted by molar-refractivity contribution is 5.82. The van der Waals surface area contributed by atoms with Gasteiger partial charge in [-0.15, -0.1) is 0 Å². The number of aldehydes is 1. The van der Waals surface area contributed by atoms with Gasteiger partial charge in [0, 0.05) is 5.56 Å². The molecule has 100 valence electrons. The van der Waals surface area contributed by atoms with Crippen molar-refractivity contribution in [2.24, 2.45) is 5.41 Å². The Balaban J connectivity index is 2.34. The molecule has 0 amide bonds. The van der Waals surface area contributed by atoms with Crippen molar-refractivity contribution in [2.75, 3.05) is 0 Å². The van der Waals surface area contributed by atoms with Crippen molar-refractivity contribution in [3.05, 3.63) is 52.6 Å². The van der Waals surface area contributed by atoms with Crippen LogP contribution < -0.4 is 0 Å². The molecule has 1 nitrogen and oxygen atoms in total. The van der Waals surface area contributed by atoms with Crippen molar-refractivity contribution in [1.29, 1.82) is 0 Å². The van der Waals surface area contributed by atoms with Crippen molar-refractivity contribution in [2.45, 2.75) is 40.0 Å². The fraction of sp³-hybridized carbons (Fsp3) is 0.389. The molecule has 1 aromatic rings. The molecule has 0 heterocycles. The number of carbonyl (C=O) groups excluding carboxylic acids is 1. The van der Waals surface area contributed by atoms with Gasteiger partial charge in [-0.05, 0) is 42.7 Å². The van der Waals surface area contributed by atoms with Gasteiger partial charge in [0.1, 0.15) is 0 Å². The van der Waals surface area contributed by atoms with Crippen LogP contribution in [0.15, 0.2) is 41.5 Å². The second-order valence-corrected chi connectivity index (χ2v) is 6.01. The topological polar surface area (TPSA) is 17.1 Å². The maximum Gasteiger partial charge on any atom is 0.150 e. The van der Waals surface area contributed by atoms with E-state index < -0.39 is 0 Å². The van der Waals surface area contributed by atoms with Crippen LogP contribution in [0.3, 0.4) is 0 Å². The van der Waals surface area contributed by atoms with Crippen LogP contribution in [0.2, 0.25) is 0 Å². The van der Waals surface area contributed by atoms with Gasteiger partial charge >= 0.3 is 0 Å². The number of allylic oxidation sites excluding steroid dienone is 3. The van der Waals surface area contributed by atoms with Crippen LogP contribution in [0.1, 0.15) is 56.0 Å². The minimum atomic E-state index is 0.245. The summed E-state index contributed by atoms with van der Waals surface area (Å²) in [5.74, 6) is 0. The molecule has 0 aromatic heterocycles. The maximum atomic E-state index is 11.0. The van der Waals surface area contributed by atoms with Crippen molar-refractivity contribution in [1.82, 2.24) is 0 Å². The fourth-order valence-electron chi connectivity index (χ4n) is 2.95. The minimum Gasteiger partial charge on any atom is -0.298 e. The summed E-state index contributed by atoms with van der Waals surface area (Å²) in [5.41, 5.74) is 4.91. The van der Waals surface area contributed by atoms with E-state index in [0.717, 1.165) is 17.4 Å². The van der Waals surface area contributed by atoms with Crippen molar-refractivity contribution in [3.8, 4) is 0 Å². The lowest BCUT2D eigenvalue weighted by atomic mass is 9.72. The molecular formula is C18H22O.